The summed E-state index contributed by atoms with van der Waals surface area (Å²) in [5.41, 5.74) is -0.0102. The van der Waals surface area contributed by atoms with Crippen LogP contribution in [0.4, 0.5) is 0 Å². The molecule has 0 aromatic heterocycles. The van der Waals surface area contributed by atoms with E-state index in [1.165, 1.54) is 0 Å². The lowest BCUT2D eigenvalue weighted by Crippen LogP contribution is -2.35. The molecule has 0 radical (unpaired) electrons. The minimum Gasteiger partial charge on any atom is -0.497 e. The Labute approximate surface area is 127 Å². The third-order valence-corrected chi connectivity index (χ3v) is 5.68. The van der Waals surface area contributed by atoms with Crippen LogP contribution in [0.2, 0.25) is 0 Å². The molecule has 0 unspecified atom stereocenters. The van der Waals surface area contributed by atoms with Crippen LogP contribution in [0.1, 0.15) is 27.2 Å². The number of nitrogens with zero attached hydrogens (tertiary/aromatic N) is 1. The van der Waals surface area contributed by atoms with Gasteiger partial charge in [0.25, 0.3) is 0 Å². The summed E-state index contributed by atoms with van der Waals surface area (Å²) in [5.74, 6) is 0.653. The topological polar surface area (TPSA) is 46.6 Å². The van der Waals surface area contributed by atoms with Crippen LogP contribution in [-0.4, -0.2) is 32.4 Å². The molecule has 0 amide bonds. The van der Waals surface area contributed by atoms with E-state index < -0.39 is 10.0 Å². The van der Waals surface area contributed by atoms with E-state index in [0.717, 1.165) is 6.42 Å². The van der Waals surface area contributed by atoms with E-state index in [1.54, 1.807) is 35.7 Å². The number of benzene rings is 1. The van der Waals surface area contributed by atoms with Crippen LogP contribution in [0.25, 0.3) is 0 Å². The SMILES string of the molecule is C/C=C/[C@H]1CC(C)(C)CN1S(=O)(=O)c1ccc(OC)cc1. The lowest BCUT2D eigenvalue weighted by Gasteiger charge is -2.22. The Kier molecular flexibility index (Phi) is 4.44. The van der Waals surface area contributed by atoms with Gasteiger partial charge in [-0.05, 0) is 43.0 Å². The van der Waals surface area contributed by atoms with Crippen LogP contribution in [0.5, 0.6) is 5.75 Å². The summed E-state index contributed by atoms with van der Waals surface area (Å²) in [7, 11) is -1.92. The van der Waals surface area contributed by atoms with Gasteiger partial charge in [-0.25, -0.2) is 8.42 Å². The number of ether oxygens (including phenoxy) is 1. The van der Waals surface area contributed by atoms with E-state index in [1.807, 2.05) is 19.1 Å². The van der Waals surface area contributed by atoms with Gasteiger partial charge in [-0.2, -0.15) is 4.31 Å². The molecule has 21 heavy (non-hydrogen) atoms. The maximum atomic E-state index is 12.9. The lowest BCUT2D eigenvalue weighted by atomic mass is 9.90. The van der Waals surface area contributed by atoms with Gasteiger partial charge in [0.05, 0.1) is 12.0 Å². The quantitative estimate of drug-likeness (QED) is 0.803. The summed E-state index contributed by atoms with van der Waals surface area (Å²) in [6, 6.07) is 6.49. The Morgan fingerprint density at radius 2 is 1.90 bits per heavy atom. The molecule has 1 aliphatic heterocycles. The molecule has 0 aliphatic carbocycles. The Bertz CT molecular complexity index is 617. The second-order valence-corrected chi connectivity index (χ2v) is 8.08. The molecule has 0 N–H and O–H groups in total. The molecule has 1 atom stereocenters. The highest BCUT2D eigenvalue weighted by Gasteiger charge is 2.42. The van der Waals surface area contributed by atoms with Crippen molar-refractivity contribution in [3.8, 4) is 5.75 Å². The average Bonchev–Trinajstić information content (AvgIpc) is 2.75. The fraction of sp³-hybridized carbons (Fsp3) is 0.500. The van der Waals surface area contributed by atoms with Crippen molar-refractivity contribution in [2.45, 2.75) is 38.1 Å². The van der Waals surface area contributed by atoms with Crippen molar-refractivity contribution < 1.29 is 13.2 Å². The molecular weight excluding hydrogens is 286 g/mol. The molecule has 0 saturated carbocycles. The normalized spacial score (nSPS) is 22.8. The van der Waals surface area contributed by atoms with Crippen molar-refractivity contribution in [3.05, 3.63) is 36.4 Å². The summed E-state index contributed by atoms with van der Waals surface area (Å²) in [6.07, 6.45) is 4.73. The van der Waals surface area contributed by atoms with Gasteiger partial charge >= 0.3 is 0 Å². The molecule has 1 aromatic carbocycles. The second-order valence-electron chi connectivity index (χ2n) is 6.19. The largest absolute Gasteiger partial charge is 0.497 e. The van der Waals surface area contributed by atoms with E-state index in [2.05, 4.69) is 13.8 Å². The minimum atomic E-state index is -3.48. The van der Waals surface area contributed by atoms with Gasteiger partial charge in [0.2, 0.25) is 10.0 Å². The van der Waals surface area contributed by atoms with Gasteiger partial charge in [-0.15, -0.1) is 0 Å². The van der Waals surface area contributed by atoms with E-state index in [0.29, 0.717) is 17.2 Å². The summed E-state index contributed by atoms with van der Waals surface area (Å²) in [4.78, 5) is 0.315. The molecule has 116 valence electrons. The number of methoxy groups -OCH3 is 1. The molecular formula is C16H23NO3S. The standard InChI is InChI=1S/C16H23NO3S/c1-5-6-13-11-16(2,3)12-17(13)21(18,19)15-9-7-14(20-4)8-10-15/h5-10,13H,11-12H2,1-4H3/b6-5+/t13-/m0/s1. The first-order valence-corrected chi connectivity index (χ1v) is 8.53. The first-order chi connectivity index (χ1) is 9.80. The number of allylic oxidation sites excluding steroid dienone is 1. The summed E-state index contributed by atoms with van der Waals surface area (Å²) >= 11 is 0. The minimum absolute atomic E-state index is 0.0102. The molecule has 2 rings (SSSR count). The van der Waals surface area contributed by atoms with Gasteiger partial charge in [-0.3, -0.25) is 0 Å². The van der Waals surface area contributed by atoms with Crippen LogP contribution < -0.4 is 4.74 Å². The first kappa shape index (κ1) is 16.0. The third-order valence-electron chi connectivity index (χ3n) is 3.80. The third kappa shape index (κ3) is 3.30. The average molecular weight is 309 g/mol. The predicted octanol–water partition coefficient (Wildman–Crippen LogP) is 3.06. The van der Waals surface area contributed by atoms with Crippen molar-refractivity contribution in [1.29, 1.82) is 0 Å². The highest BCUT2D eigenvalue weighted by molar-refractivity contribution is 7.89. The lowest BCUT2D eigenvalue weighted by molar-refractivity contribution is 0.373. The summed E-state index contributed by atoms with van der Waals surface area (Å²) < 4.78 is 32.4. The Morgan fingerprint density at radius 1 is 1.29 bits per heavy atom. The summed E-state index contributed by atoms with van der Waals surface area (Å²) in [5, 5.41) is 0. The number of sulfonamides is 1. The fourth-order valence-electron chi connectivity index (χ4n) is 2.80. The van der Waals surface area contributed by atoms with Crippen LogP contribution in [-0.2, 0) is 10.0 Å². The number of hydrogen-bond acceptors (Lipinski definition) is 3. The number of hydrogen-bond donors (Lipinski definition) is 0. The van der Waals surface area contributed by atoms with E-state index in [4.69, 9.17) is 4.74 Å². The maximum absolute atomic E-state index is 12.9. The first-order valence-electron chi connectivity index (χ1n) is 7.09. The van der Waals surface area contributed by atoms with Gasteiger partial charge in [-0.1, -0.05) is 26.0 Å². The fourth-order valence-corrected chi connectivity index (χ4v) is 4.58. The second kappa shape index (κ2) is 5.81. The number of rotatable bonds is 4. The van der Waals surface area contributed by atoms with Crippen LogP contribution in [0.3, 0.4) is 0 Å². The van der Waals surface area contributed by atoms with E-state index in [9.17, 15) is 8.42 Å². The zero-order valence-corrected chi connectivity index (χ0v) is 13.9. The van der Waals surface area contributed by atoms with Crippen molar-refractivity contribution in [1.82, 2.24) is 4.31 Å². The van der Waals surface area contributed by atoms with E-state index in [-0.39, 0.29) is 11.5 Å². The molecule has 1 saturated heterocycles. The van der Waals surface area contributed by atoms with Crippen molar-refractivity contribution in [3.63, 3.8) is 0 Å². The van der Waals surface area contributed by atoms with E-state index >= 15 is 0 Å². The Morgan fingerprint density at radius 3 is 2.43 bits per heavy atom. The highest BCUT2D eigenvalue weighted by atomic mass is 32.2. The van der Waals surface area contributed by atoms with Gasteiger partial charge in [0.15, 0.2) is 0 Å². The highest BCUT2D eigenvalue weighted by Crippen LogP contribution is 2.38. The monoisotopic (exact) mass is 309 g/mol. The van der Waals surface area contributed by atoms with Crippen LogP contribution >= 0.6 is 0 Å². The molecule has 0 spiro atoms. The van der Waals surface area contributed by atoms with Gasteiger partial charge in [0, 0.05) is 12.6 Å². The molecule has 5 heteroatoms. The van der Waals surface area contributed by atoms with Crippen molar-refractivity contribution in [2.24, 2.45) is 5.41 Å². The molecule has 1 aromatic rings. The maximum Gasteiger partial charge on any atom is 0.243 e. The molecule has 1 fully saturated rings. The zero-order valence-electron chi connectivity index (χ0n) is 13.0. The summed E-state index contributed by atoms with van der Waals surface area (Å²) in [6.45, 7) is 6.67. The van der Waals surface area contributed by atoms with Gasteiger partial charge < -0.3 is 4.74 Å². The predicted molar refractivity (Wildman–Crippen MR) is 83.9 cm³/mol. The Balaban J connectivity index is 2.36. The van der Waals surface area contributed by atoms with Crippen LogP contribution in [0, 0.1) is 5.41 Å². The molecule has 0 bridgehead atoms. The van der Waals surface area contributed by atoms with Crippen molar-refractivity contribution in [2.75, 3.05) is 13.7 Å². The molecule has 4 nitrogen and oxygen atoms in total. The molecule has 1 heterocycles. The smallest absolute Gasteiger partial charge is 0.243 e. The van der Waals surface area contributed by atoms with Crippen molar-refractivity contribution >= 4 is 10.0 Å². The Hall–Kier alpha value is -1.33. The van der Waals surface area contributed by atoms with Gasteiger partial charge in [0.1, 0.15) is 5.75 Å². The molecule has 1 aliphatic rings. The van der Waals surface area contributed by atoms with Crippen LogP contribution in [0.15, 0.2) is 41.3 Å². The zero-order chi connectivity index (χ0) is 15.7.